The Morgan fingerprint density at radius 3 is 2.93 bits per heavy atom. The van der Waals surface area contributed by atoms with Crippen molar-refractivity contribution in [1.82, 2.24) is 25.4 Å². The van der Waals surface area contributed by atoms with Crippen LogP contribution in [-0.4, -0.2) is 26.8 Å². The molecule has 0 saturated carbocycles. The van der Waals surface area contributed by atoms with Gasteiger partial charge in [0.05, 0.1) is 18.6 Å². The largest absolute Gasteiger partial charge is 0.459 e. The average Bonchev–Trinajstić information content (AvgIpc) is 3.24. The number of aromatic nitrogens is 3. The number of rotatable bonds is 4. The summed E-state index contributed by atoms with van der Waals surface area (Å²) < 4.78 is 7.94. The Kier molecular flexibility index (Phi) is 4.59. The van der Waals surface area contributed by atoms with Crippen molar-refractivity contribution in [1.29, 1.82) is 0 Å². The standard InChI is InChI=1S/C20H25N5O2/c1-12(2)18(19-13(3)15-6-4-5-7-16(15)27-19)24-20(26)23-14-8-9-17-21-11-22-25(17)10-14/h4-7,11-12,14,18H,8-10H2,1-3H3,(H2,23,24,26)/t14?,18-/m0/s1. The van der Waals surface area contributed by atoms with Gasteiger partial charge in [-0.15, -0.1) is 0 Å². The third-order valence-electron chi connectivity index (χ3n) is 5.26. The predicted octanol–water partition coefficient (Wildman–Crippen LogP) is 3.34. The summed E-state index contributed by atoms with van der Waals surface area (Å²) in [5.41, 5.74) is 1.93. The maximum absolute atomic E-state index is 12.7. The predicted molar refractivity (Wildman–Crippen MR) is 102 cm³/mol. The number of carbonyl (C=O) groups excluding carboxylic acids is 1. The van der Waals surface area contributed by atoms with Crippen molar-refractivity contribution in [2.75, 3.05) is 0 Å². The summed E-state index contributed by atoms with van der Waals surface area (Å²) >= 11 is 0. The van der Waals surface area contributed by atoms with Crippen LogP contribution in [0.2, 0.25) is 0 Å². The molecule has 0 radical (unpaired) electrons. The molecule has 0 aliphatic carbocycles. The molecule has 1 unspecified atom stereocenters. The Labute approximate surface area is 158 Å². The number of benzene rings is 1. The van der Waals surface area contributed by atoms with Gasteiger partial charge in [-0.1, -0.05) is 32.0 Å². The van der Waals surface area contributed by atoms with Gasteiger partial charge in [0.25, 0.3) is 0 Å². The minimum Gasteiger partial charge on any atom is -0.459 e. The number of hydrogen-bond donors (Lipinski definition) is 2. The fourth-order valence-corrected chi connectivity index (χ4v) is 3.75. The third kappa shape index (κ3) is 3.41. The molecule has 27 heavy (non-hydrogen) atoms. The normalized spacial score (nSPS) is 17.7. The van der Waals surface area contributed by atoms with Crippen LogP contribution in [0.25, 0.3) is 11.0 Å². The molecule has 2 atom stereocenters. The highest BCUT2D eigenvalue weighted by Gasteiger charge is 2.27. The highest BCUT2D eigenvalue weighted by atomic mass is 16.3. The molecule has 2 N–H and O–H groups in total. The molecule has 0 bridgehead atoms. The number of urea groups is 1. The molecule has 4 rings (SSSR count). The quantitative estimate of drug-likeness (QED) is 0.741. The van der Waals surface area contributed by atoms with Crippen LogP contribution in [0.15, 0.2) is 35.0 Å². The second kappa shape index (κ2) is 7.06. The lowest BCUT2D eigenvalue weighted by atomic mass is 9.98. The first-order valence-electron chi connectivity index (χ1n) is 9.44. The molecule has 3 aromatic rings. The smallest absolute Gasteiger partial charge is 0.315 e. The van der Waals surface area contributed by atoms with Gasteiger partial charge < -0.3 is 15.1 Å². The second-order valence-electron chi connectivity index (χ2n) is 7.52. The molecule has 3 heterocycles. The van der Waals surface area contributed by atoms with Crippen molar-refractivity contribution < 1.29 is 9.21 Å². The van der Waals surface area contributed by atoms with E-state index in [4.69, 9.17) is 4.42 Å². The number of nitrogens with one attached hydrogen (secondary N) is 2. The second-order valence-corrected chi connectivity index (χ2v) is 7.52. The molecule has 7 nitrogen and oxygen atoms in total. The Hall–Kier alpha value is -2.83. The Morgan fingerprint density at radius 1 is 1.33 bits per heavy atom. The zero-order chi connectivity index (χ0) is 19.0. The van der Waals surface area contributed by atoms with Gasteiger partial charge in [-0.05, 0) is 25.3 Å². The summed E-state index contributed by atoms with van der Waals surface area (Å²) in [4.78, 5) is 16.9. The SMILES string of the molecule is Cc1c([C@@H](NC(=O)NC2CCc3ncnn3C2)C(C)C)oc2ccccc12. The number of nitrogens with zero attached hydrogens (tertiary/aromatic N) is 3. The third-order valence-corrected chi connectivity index (χ3v) is 5.26. The Bertz CT molecular complexity index is 958. The highest BCUT2D eigenvalue weighted by molar-refractivity contribution is 5.82. The van der Waals surface area contributed by atoms with Gasteiger partial charge in [-0.3, -0.25) is 0 Å². The number of furan rings is 1. The fraction of sp³-hybridized carbons (Fsp3) is 0.450. The average molecular weight is 367 g/mol. The topological polar surface area (TPSA) is 85.0 Å². The minimum absolute atomic E-state index is 0.0452. The van der Waals surface area contributed by atoms with E-state index in [1.807, 2.05) is 35.9 Å². The number of hydrogen-bond acceptors (Lipinski definition) is 4. The summed E-state index contributed by atoms with van der Waals surface area (Å²) in [7, 11) is 0. The van der Waals surface area contributed by atoms with Gasteiger partial charge in [0.1, 0.15) is 23.5 Å². The molecular formula is C20H25N5O2. The van der Waals surface area contributed by atoms with E-state index in [-0.39, 0.29) is 24.0 Å². The zero-order valence-electron chi connectivity index (χ0n) is 15.9. The monoisotopic (exact) mass is 367 g/mol. The van der Waals surface area contributed by atoms with Crippen molar-refractivity contribution in [3.05, 3.63) is 47.7 Å². The number of amides is 2. The first kappa shape index (κ1) is 17.6. The van der Waals surface area contributed by atoms with Gasteiger partial charge in [0, 0.05) is 17.4 Å². The maximum Gasteiger partial charge on any atom is 0.315 e. The van der Waals surface area contributed by atoms with E-state index in [1.165, 1.54) is 0 Å². The minimum atomic E-state index is -0.192. The van der Waals surface area contributed by atoms with Crippen LogP contribution in [0.4, 0.5) is 4.79 Å². The lowest BCUT2D eigenvalue weighted by Gasteiger charge is -2.26. The molecule has 1 aliphatic heterocycles. The van der Waals surface area contributed by atoms with Crippen LogP contribution in [0.3, 0.4) is 0 Å². The zero-order valence-corrected chi connectivity index (χ0v) is 15.9. The van der Waals surface area contributed by atoms with Crippen molar-refractivity contribution in [2.45, 2.75) is 52.2 Å². The molecule has 0 spiro atoms. The Morgan fingerprint density at radius 2 is 2.15 bits per heavy atom. The van der Waals surface area contributed by atoms with Crippen molar-refractivity contribution in [3.63, 3.8) is 0 Å². The van der Waals surface area contributed by atoms with E-state index in [1.54, 1.807) is 6.33 Å². The lowest BCUT2D eigenvalue weighted by molar-refractivity contribution is 0.221. The first-order chi connectivity index (χ1) is 13.0. The molecule has 7 heteroatoms. The van der Waals surface area contributed by atoms with Crippen LogP contribution < -0.4 is 10.6 Å². The number of carbonyl (C=O) groups is 1. The fourth-order valence-electron chi connectivity index (χ4n) is 3.75. The van der Waals surface area contributed by atoms with Crippen LogP contribution in [-0.2, 0) is 13.0 Å². The van der Waals surface area contributed by atoms with Gasteiger partial charge >= 0.3 is 6.03 Å². The summed E-state index contributed by atoms with van der Waals surface area (Å²) in [5, 5.41) is 11.5. The van der Waals surface area contributed by atoms with Crippen molar-refractivity contribution >= 4 is 17.0 Å². The maximum atomic E-state index is 12.7. The number of fused-ring (bicyclic) bond motifs is 2. The highest BCUT2D eigenvalue weighted by Crippen LogP contribution is 2.32. The summed E-state index contributed by atoms with van der Waals surface area (Å²) in [5.74, 6) is 2.00. The van der Waals surface area contributed by atoms with Crippen LogP contribution in [0, 0.1) is 12.8 Å². The van der Waals surface area contributed by atoms with Gasteiger partial charge in [0.2, 0.25) is 0 Å². The van der Waals surface area contributed by atoms with E-state index in [0.717, 1.165) is 41.0 Å². The Balaban J connectivity index is 1.48. The van der Waals surface area contributed by atoms with E-state index < -0.39 is 0 Å². The number of para-hydroxylation sites is 1. The lowest BCUT2D eigenvalue weighted by Crippen LogP contribution is -2.47. The first-order valence-corrected chi connectivity index (χ1v) is 9.44. The van der Waals surface area contributed by atoms with Crippen molar-refractivity contribution in [2.24, 2.45) is 5.92 Å². The molecule has 2 aromatic heterocycles. The van der Waals surface area contributed by atoms with Crippen LogP contribution in [0.1, 0.15) is 43.5 Å². The van der Waals surface area contributed by atoms with Crippen LogP contribution >= 0.6 is 0 Å². The summed E-state index contributed by atoms with van der Waals surface area (Å²) in [6.45, 7) is 6.86. The molecule has 2 amide bonds. The van der Waals surface area contributed by atoms with Gasteiger partial charge in [0.15, 0.2) is 0 Å². The molecular weight excluding hydrogens is 342 g/mol. The molecule has 0 fully saturated rings. The number of aryl methyl sites for hydroxylation is 2. The van der Waals surface area contributed by atoms with E-state index >= 15 is 0 Å². The van der Waals surface area contributed by atoms with Crippen molar-refractivity contribution in [3.8, 4) is 0 Å². The van der Waals surface area contributed by atoms with Crippen LogP contribution in [0.5, 0.6) is 0 Å². The van der Waals surface area contributed by atoms with Gasteiger partial charge in [-0.25, -0.2) is 14.5 Å². The molecule has 1 aromatic carbocycles. The van der Waals surface area contributed by atoms with E-state index in [2.05, 4.69) is 34.6 Å². The van der Waals surface area contributed by atoms with Gasteiger partial charge in [-0.2, -0.15) is 5.10 Å². The van der Waals surface area contributed by atoms with E-state index in [0.29, 0.717) is 6.54 Å². The molecule has 0 saturated heterocycles. The molecule has 142 valence electrons. The molecule has 1 aliphatic rings. The summed E-state index contributed by atoms with van der Waals surface area (Å²) in [6.07, 6.45) is 3.25. The summed E-state index contributed by atoms with van der Waals surface area (Å²) in [6, 6.07) is 7.64. The van der Waals surface area contributed by atoms with E-state index in [9.17, 15) is 4.79 Å².